The van der Waals surface area contributed by atoms with Crippen LogP contribution in [0.1, 0.15) is 15.9 Å². The van der Waals surface area contributed by atoms with Gasteiger partial charge in [-0.1, -0.05) is 24.3 Å². The molecular weight excluding hydrogens is 230 g/mol. The van der Waals surface area contributed by atoms with Gasteiger partial charge in [0.2, 0.25) is 5.88 Å². The summed E-state index contributed by atoms with van der Waals surface area (Å²) in [5.74, 6) is -0.696. The van der Waals surface area contributed by atoms with Gasteiger partial charge in [-0.3, -0.25) is 0 Å². The van der Waals surface area contributed by atoms with Crippen molar-refractivity contribution in [3.63, 3.8) is 0 Å². The zero-order chi connectivity index (χ0) is 13.1. The largest absolute Gasteiger partial charge is 0.481 e. The van der Waals surface area contributed by atoms with Crippen LogP contribution in [-0.2, 0) is 0 Å². The number of benzene rings is 1. The van der Waals surface area contributed by atoms with E-state index in [0.29, 0.717) is 11.6 Å². The maximum absolute atomic E-state index is 11.1. The molecule has 4 heteroatoms. The molecule has 2 rings (SSSR count). The van der Waals surface area contributed by atoms with Crippen LogP contribution in [0, 0.1) is 6.92 Å². The van der Waals surface area contributed by atoms with Crippen LogP contribution in [0.3, 0.4) is 0 Å². The molecule has 0 bridgehead atoms. The van der Waals surface area contributed by atoms with E-state index in [9.17, 15) is 4.79 Å². The number of hydrogen-bond donors (Lipinski definition) is 1. The van der Waals surface area contributed by atoms with E-state index in [1.165, 1.54) is 13.2 Å². The van der Waals surface area contributed by atoms with Crippen molar-refractivity contribution in [1.29, 1.82) is 0 Å². The second-order valence-electron chi connectivity index (χ2n) is 3.90. The Morgan fingerprint density at radius 2 is 2.00 bits per heavy atom. The number of carboxylic acids is 1. The van der Waals surface area contributed by atoms with Crippen LogP contribution < -0.4 is 4.74 Å². The molecule has 0 atom stereocenters. The van der Waals surface area contributed by atoms with Crippen molar-refractivity contribution in [3.05, 3.63) is 47.5 Å². The van der Waals surface area contributed by atoms with Gasteiger partial charge in [-0.15, -0.1) is 0 Å². The predicted octanol–water partition coefficient (Wildman–Crippen LogP) is 2.76. The highest BCUT2D eigenvalue weighted by Crippen LogP contribution is 2.24. The van der Waals surface area contributed by atoms with Crippen molar-refractivity contribution in [2.45, 2.75) is 6.92 Å². The number of hydrogen-bond acceptors (Lipinski definition) is 3. The second-order valence-corrected chi connectivity index (χ2v) is 3.90. The summed E-state index contributed by atoms with van der Waals surface area (Å²) in [5.41, 5.74) is 2.71. The SMILES string of the molecule is COc1cc(C(=O)O)cc(-c2ccccc2C)n1. The molecule has 0 aliphatic heterocycles. The summed E-state index contributed by atoms with van der Waals surface area (Å²) in [4.78, 5) is 15.3. The van der Waals surface area contributed by atoms with Gasteiger partial charge < -0.3 is 9.84 Å². The van der Waals surface area contributed by atoms with Crippen molar-refractivity contribution in [1.82, 2.24) is 4.98 Å². The van der Waals surface area contributed by atoms with Gasteiger partial charge in [0.25, 0.3) is 0 Å². The molecule has 0 unspecified atom stereocenters. The van der Waals surface area contributed by atoms with Crippen molar-refractivity contribution < 1.29 is 14.6 Å². The Hall–Kier alpha value is -2.36. The first-order valence-corrected chi connectivity index (χ1v) is 5.47. The highest BCUT2D eigenvalue weighted by molar-refractivity contribution is 5.89. The topological polar surface area (TPSA) is 59.4 Å². The smallest absolute Gasteiger partial charge is 0.335 e. The van der Waals surface area contributed by atoms with Crippen molar-refractivity contribution >= 4 is 5.97 Å². The van der Waals surface area contributed by atoms with Gasteiger partial charge in [-0.25, -0.2) is 9.78 Å². The summed E-state index contributed by atoms with van der Waals surface area (Å²) in [7, 11) is 1.47. The van der Waals surface area contributed by atoms with Crippen LogP contribution in [0.4, 0.5) is 0 Å². The van der Waals surface area contributed by atoms with Crippen molar-refractivity contribution in [2.24, 2.45) is 0 Å². The van der Waals surface area contributed by atoms with Crippen LogP contribution in [-0.4, -0.2) is 23.2 Å². The van der Waals surface area contributed by atoms with Gasteiger partial charge in [0, 0.05) is 11.6 Å². The Kier molecular flexibility index (Phi) is 3.28. The third-order valence-corrected chi connectivity index (χ3v) is 2.68. The third kappa shape index (κ3) is 2.32. The number of pyridine rings is 1. The molecule has 1 aromatic heterocycles. The lowest BCUT2D eigenvalue weighted by molar-refractivity contribution is 0.0696. The molecule has 0 aliphatic rings. The number of aromatic nitrogens is 1. The second kappa shape index (κ2) is 4.87. The summed E-state index contributed by atoms with van der Waals surface area (Å²) >= 11 is 0. The summed E-state index contributed by atoms with van der Waals surface area (Å²) in [5, 5.41) is 9.06. The molecule has 2 aromatic rings. The molecular formula is C14H13NO3. The molecule has 0 saturated carbocycles. The first-order chi connectivity index (χ1) is 8.61. The van der Waals surface area contributed by atoms with Gasteiger partial charge >= 0.3 is 5.97 Å². The molecule has 18 heavy (non-hydrogen) atoms. The lowest BCUT2D eigenvalue weighted by Gasteiger charge is -2.08. The van der Waals surface area contributed by atoms with Crippen LogP contribution in [0.2, 0.25) is 0 Å². The van der Waals surface area contributed by atoms with Crippen LogP contribution in [0.15, 0.2) is 36.4 Å². The molecule has 4 nitrogen and oxygen atoms in total. The van der Waals surface area contributed by atoms with E-state index in [2.05, 4.69) is 4.98 Å². The number of ether oxygens (including phenoxy) is 1. The van der Waals surface area contributed by atoms with Gasteiger partial charge in [-0.2, -0.15) is 0 Å². The van der Waals surface area contributed by atoms with Gasteiger partial charge in [0.1, 0.15) is 0 Å². The Morgan fingerprint density at radius 3 is 2.61 bits per heavy atom. The Morgan fingerprint density at radius 1 is 1.28 bits per heavy atom. The molecule has 0 aliphatic carbocycles. The van der Waals surface area contributed by atoms with Crippen LogP contribution in [0.25, 0.3) is 11.3 Å². The minimum Gasteiger partial charge on any atom is -0.481 e. The van der Waals surface area contributed by atoms with Crippen LogP contribution in [0.5, 0.6) is 5.88 Å². The molecule has 1 aromatic carbocycles. The first-order valence-electron chi connectivity index (χ1n) is 5.47. The molecule has 0 spiro atoms. The first kappa shape index (κ1) is 12.1. The fraction of sp³-hybridized carbons (Fsp3) is 0.143. The average molecular weight is 243 g/mol. The highest BCUT2D eigenvalue weighted by atomic mass is 16.5. The fourth-order valence-corrected chi connectivity index (χ4v) is 1.73. The minimum absolute atomic E-state index is 0.167. The Balaban J connectivity index is 2.60. The standard InChI is InChI=1S/C14H13NO3/c1-9-5-3-4-6-11(9)12-7-10(14(16)17)8-13(15-12)18-2/h3-8H,1-2H3,(H,16,17). The average Bonchev–Trinajstić information content (AvgIpc) is 2.38. The Labute approximate surface area is 105 Å². The zero-order valence-electron chi connectivity index (χ0n) is 10.2. The summed E-state index contributed by atoms with van der Waals surface area (Å²) in [6.45, 7) is 1.96. The zero-order valence-corrected chi connectivity index (χ0v) is 10.2. The summed E-state index contributed by atoms with van der Waals surface area (Å²) in [6.07, 6.45) is 0. The van der Waals surface area contributed by atoms with Gasteiger partial charge in [0.05, 0.1) is 18.4 Å². The summed E-state index contributed by atoms with van der Waals surface area (Å²) < 4.78 is 5.03. The van der Waals surface area contributed by atoms with E-state index >= 15 is 0 Å². The van der Waals surface area contributed by atoms with Crippen LogP contribution >= 0.6 is 0 Å². The summed E-state index contributed by atoms with van der Waals surface area (Å²) in [6, 6.07) is 10.6. The van der Waals surface area contributed by atoms with E-state index in [1.807, 2.05) is 31.2 Å². The van der Waals surface area contributed by atoms with E-state index in [-0.39, 0.29) is 5.56 Å². The maximum atomic E-state index is 11.1. The van der Waals surface area contributed by atoms with Crippen molar-refractivity contribution in [3.8, 4) is 17.1 Å². The van der Waals surface area contributed by atoms with E-state index < -0.39 is 5.97 Å². The molecule has 0 fully saturated rings. The normalized spacial score (nSPS) is 10.1. The number of aryl methyl sites for hydroxylation is 1. The number of rotatable bonds is 3. The van der Waals surface area contributed by atoms with Gasteiger partial charge in [-0.05, 0) is 18.6 Å². The molecule has 0 amide bonds. The molecule has 0 radical (unpaired) electrons. The number of nitrogens with zero attached hydrogens (tertiary/aromatic N) is 1. The van der Waals surface area contributed by atoms with Gasteiger partial charge in [0.15, 0.2) is 0 Å². The van der Waals surface area contributed by atoms with E-state index in [1.54, 1.807) is 6.07 Å². The van der Waals surface area contributed by atoms with E-state index in [0.717, 1.165) is 11.1 Å². The van der Waals surface area contributed by atoms with E-state index in [4.69, 9.17) is 9.84 Å². The lowest BCUT2D eigenvalue weighted by Crippen LogP contribution is -2.00. The fourth-order valence-electron chi connectivity index (χ4n) is 1.73. The molecule has 0 saturated heterocycles. The lowest BCUT2D eigenvalue weighted by atomic mass is 10.0. The maximum Gasteiger partial charge on any atom is 0.335 e. The number of methoxy groups -OCH3 is 1. The van der Waals surface area contributed by atoms with Crippen molar-refractivity contribution in [2.75, 3.05) is 7.11 Å². The molecule has 92 valence electrons. The minimum atomic E-state index is -0.995. The monoisotopic (exact) mass is 243 g/mol. The number of carbonyl (C=O) groups is 1. The third-order valence-electron chi connectivity index (χ3n) is 2.68. The number of carboxylic acid groups (broad SMARTS) is 1. The predicted molar refractivity (Wildman–Crippen MR) is 67.9 cm³/mol. The number of aromatic carboxylic acids is 1. The highest BCUT2D eigenvalue weighted by Gasteiger charge is 2.11. The molecule has 1 N–H and O–H groups in total. The molecule has 1 heterocycles. The Bertz CT molecular complexity index is 593. The quantitative estimate of drug-likeness (QED) is 0.900.